The number of fused-ring (bicyclic) bond motifs is 1. The van der Waals surface area contributed by atoms with Gasteiger partial charge in [-0.2, -0.15) is 0 Å². The predicted octanol–water partition coefficient (Wildman–Crippen LogP) is 4.17. The molecule has 2 N–H and O–H groups in total. The fraction of sp³-hybridized carbons (Fsp3) is 0.240. The quantitative estimate of drug-likeness (QED) is 0.412. The normalized spacial score (nSPS) is 12.0. The summed E-state index contributed by atoms with van der Waals surface area (Å²) in [6, 6.07) is 16.1. The van der Waals surface area contributed by atoms with Gasteiger partial charge in [-0.25, -0.2) is 4.98 Å². The number of methoxy groups -OCH3 is 1. The molecule has 0 aliphatic rings. The fourth-order valence-corrected chi connectivity index (χ4v) is 4.50. The van der Waals surface area contributed by atoms with Gasteiger partial charge in [0.25, 0.3) is 5.91 Å². The van der Waals surface area contributed by atoms with Crippen LogP contribution in [-0.2, 0) is 11.3 Å². The molecule has 0 fully saturated rings. The minimum atomic E-state index is -0.667. The Labute approximate surface area is 196 Å². The third-order valence-corrected chi connectivity index (χ3v) is 6.38. The van der Waals surface area contributed by atoms with Crippen molar-refractivity contribution in [3.63, 3.8) is 0 Å². The predicted molar refractivity (Wildman–Crippen MR) is 130 cm³/mol. The molecule has 2 aromatic carbocycles. The van der Waals surface area contributed by atoms with E-state index in [2.05, 4.69) is 15.6 Å². The molecule has 4 aromatic rings. The third kappa shape index (κ3) is 5.06. The van der Waals surface area contributed by atoms with Crippen molar-refractivity contribution in [3.05, 3.63) is 78.1 Å². The van der Waals surface area contributed by atoms with E-state index in [1.54, 1.807) is 13.2 Å². The van der Waals surface area contributed by atoms with E-state index in [0.29, 0.717) is 17.9 Å². The lowest BCUT2D eigenvalue weighted by molar-refractivity contribution is -0.124. The number of nitrogens with zero attached hydrogens (tertiary/aromatic N) is 2. The van der Waals surface area contributed by atoms with Gasteiger partial charge in [-0.3, -0.25) is 9.59 Å². The SMILES string of the molecule is COc1ccccc1CNC(=O)[C@@H](NC(=O)c1ccc2nc(-n3cccc3)sc2c1)C(C)C. The summed E-state index contributed by atoms with van der Waals surface area (Å²) in [5.41, 5.74) is 2.19. The number of rotatable bonds is 8. The van der Waals surface area contributed by atoms with Crippen LogP contribution in [0.15, 0.2) is 67.0 Å². The number of aromatic nitrogens is 2. The molecule has 0 spiro atoms. The Bertz CT molecular complexity index is 1260. The summed E-state index contributed by atoms with van der Waals surface area (Å²) in [6.07, 6.45) is 3.87. The highest BCUT2D eigenvalue weighted by atomic mass is 32.1. The summed E-state index contributed by atoms with van der Waals surface area (Å²) < 4.78 is 8.19. The number of ether oxygens (including phenoxy) is 1. The van der Waals surface area contributed by atoms with Gasteiger partial charge in [0.05, 0.1) is 17.3 Å². The molecule has 2 aromatic heterocycles. The summed E-state index contributed by atoms with van der Waals surface area (Å²) in [4.78, 5) is 30.5. The molecule has 0 radical (unpaired) electrons. The second-order valence-electron chi connectivity index (χ2n) is 7.99. The largest absolute Gasteiger partial charge is 0.496 e. The minimum absolute atomic E-state index is 0.0842. The topological polar surface area (TPSA) is 85.2 Å². The van der Waals surface area contributed by atoms with E-state index in [1.807, 2.05) is 79.3 Å². The molecular formula is C25H26N4O3S. The molecule has 0 bridgehead atoms. The number of thiazole rings is 1. The van der Waals surface area contributed by atoms with Crippen LogP contribution in [0, 0.1) is 5.92 Å². The molecule has 4 rings (SSSR count). The first-order valence-corrected chi connectivity index (χ1v) is 11.5. The number of hydrogen-bond donors (Lipinski definition) is 2. The Morgan fingerprint density at radius 1 is 1.09 bits per heavy atom. The number of benzene rings is 2. The second-order valence-corrected chi connectivity index (χ2v) is 9.00. The molecule has 170 valence electrons. The standard InChI is InChI=1S/C25H26N4O3S/c1-16(2)22(24(31)26-15-18-8-4-5-9-20(18)32-3)28-23(30)17-10-11-19-21(14-17)33-25(27-19)29-12-6-7-13-29/h4-14,16,22H,15H2,1-3H3,(H,26,31)(H,28,30)/t22-/m0/s1. The van der Waals surface area contributed by atoms with Crippen LogP contribution in [0.4, 0.5) is 0 Å². The highest BCUT2D eigenvalue weighted by molar-refractivity contribution is 7.20. The van der Waals surface area contributed by atoms with Crippen LogP contribution >= 0.6 is 11.3 Å². The zero-order valence-electron chi connectivity index (χ0n) is 18.7. The molecule has 1 atom stereocenters. The average Bonchev–Trinajstić information content (AvgIpc) is 3.50. The van der Waals surface area contributed by atoms with Gasteiger partial charge in [0.1, 0.15) is 11.8 Å². The summed E-state index contributed by atoms with van der Waals surface area (Å²) in [5.74, 6) is 0.0937. The summed E-state index contributed by atoms with van der Waals surface area (Å²) in [6.45, 7) is 4.13. The van der Waals surface area contributed by atoms with Gasteiger partial charge in [-0.1, -0.05) is 43.4 Å². The van der Waals surface area contributed by atoms with Crippen molar-refractivity contribution in [2.24, 2.45) is 5.92 Å². The van der Waals surface area contributed by atoms with Crippen LogP contribution in [0.5, 0.6) is 5.75 Å². The van der Waals surface area contributed by atoms with Gasteiger partial charge in [-0.05, 0) is 42.3 Å². The van der Waals surface area contributed by atoms with Crippen LogP contribution in [-0.4, -0.2) is 34.5 Å². The number of amides is 2. The lowest BCUT2D eigenvalue weighted by Gasteiger charge is -2.22. The van der Waals surface area contributed by atoms with E-state index in [4.69, 9.17) is 4.74 Å². The van der Waals surface area contributed by atoms with Crippen LogP contribution in [0.2, 0.25) is 0 Å². The molecule has 2 heterocycles. The molecule has 0 aliphatic heterocycles. The number of carbonyl (C=O) groups excluding carboxylic acids is 2. The van der Waals surface area contributed by atoms with E-state index >= 15 is 0 Å². The van der Waals surface area contributed by atoms with Gasteiger partial charge in [0, 0.05) is 30.1 Å². The lowest BCUT2D eigenvalue weighted by atomic mass is 10.0. The van der Waals surface area contributed by atoms with E-state index in [-0.39, 0.29) is 17.7 Å². The second kappa shape index (κ2) is 9.87. The average molecular weight is 463 g/mol. The number of hydrogen-bond acceptors (Lipinski definition) is 5. The van der Waals surface area contributed by atoms with Crippen molar-refractivity contribution in [2.75, 3.05) is 7.11 Å². The molecule has 0 unspecified atom stereocenters. The molecule has 33 heavy (non-hydrogen) atoms. The zero-order valence-corrected chi connectivity index (χ0v) is 19.6. The summed E-state index contributed by atoms with van der Waals surface area (Å²) in [7, 11) is 1.60. The van der Waals surface area contributed by atoms with E-state index in [9.17, 15) is 9.59 Å². The van der Waals surface area contributed by atoms with Crippen LogP contribution in [0.1, 0.15) is 29.8 Å². The number of para-hydroxylation sites is 1. The van der Waals surface area contributed by atoms with Gasteiger partial charge < -0.3 is 19.9 Å². The molecule has 8 heteroatoms. The number of nitrogens with one attached hydrogen (secondary N) is 2. The monoisotopic (exact) mass is 462 g/mol. The molecule has 0 aliphatic carbocycles. The van der Waals surface area contributed by atoms with Crippen molar-refractivity contribution < 1.29 is 14.3 Å². The van der Waals surface area contributed by atoms with Crippen molar-refractivity contribution in [1.82, 2.24) is 20.2 Å². The van der Waals surface area contributed by atoms with Gasteiger partial charge >= 0.3 is 0 Å². The first-order valence-electron chi connectivity index (χ1n) is 10.7. The maximum atomic E-state index is 13.0. The number of carbonyl (C=O) groups is 2. The van der Waals surface area contributed by atoms with Crippen LogP contribution in [0.3, 0.4) is 0 Å². The Hall–Kier alpha value is -3.65. The van der Waals surface area contributed by atoms with Crippen molar-refractivity contribution in [2.45, 2.75) is 26.4 Å². The first-order chi connectivity index (χ1) is 16.0. The fourth-order valence-electron chi connectivity index (χ4n) is 3.53. The Kier molecular flexibility index (Phi) is 6.74. The third-order valence-electron chi connectivity index (χ3n) is 5.35. The van der Waals surface area contributed by atoms with Gasteiger partial charge in [0.15, 0.2) is 5.13 Å². The summed E-state index contributed by atoms with van der Waals surface area (Å²) >= 11 is 1.51. The smallest absolute Gasteiger partial charge is 0.251 e. The van der Waals surface area contributed by atoms with Crippen LogP contribution < -0.4 is 15.4 Å². The lowest BCUT2D eigenvalue weighted by Crippen LogP contribution is -2.49. The first kappa shape index (κ1) is 22.5. The van der Waals surface area contributed by atoms with E-state index in [0.717, 1.165) is 20.9 Å². The van der Waals surface area contributed by atoms with Gasteiger partial charge in [0.2, 0.25) is 5.91 Å². The highest BCUT2D eigenvalue weighted by Crippen LogP contribution is 2.26. The van der Waals surface area contributed by atoms with Crippen molar-refractivity contribution in [1.29, 1.82) is 0 Å². The molecule has 7 nitrogen and oxygen atoms in total. The maximum absolute atomic E-state index is 13.0. The van der Waals surface area contributed by atoms with Crippen molar-refractivity contribution >= 4 is 33.4 Å². The minimum Gasteiger partial charge on any atom is -0.496 e. The van der Waals surface area contributed by atoms with E-state index in [1.165, 1.54) is 11.3 Å². The maximum Gasteiger partial charge on any atom is 0.251 e. The van der Waals surface area contributed by atoms with Crippen molar-refractivity contribution in [3.8, 4) is 10.9 Å². The Balaban J connectivity index is 1.46. The molecular weight excluding hydrogens is 436 g/mol. The highest BCUT2D eigenvalue weighted by Gasteiger charge is 2.25. The van der Waals surface area contributed by atoms with Gasteiger partial charge in [-0.15, -0.1) is 0 Å². The molecule has 0 saturated heterocycles. The summed E-state index contributed by atoms with van der Waals surface area (Å²) in [5, 5.41) is 6.65. The Morgan fingerprint density at radius 2 is 1.85 bits per heavy atom. The Morgan fingerprint density at radius 3 is 2.58 bits per heavy atom. The van der Waals surface area contributed by atoms with E-state index < -0.39 is 6.04 Å². The molecule has 2 amide bonds. The zero-order chi connectivity index (χ0) is 23.4. The molecule has 0 saturated carbocycles. The van der Waals surface area contributed by atoms with Crippen LogP contribution in [0.25, 0.3) is 15.3 Å².